The number of aryl methyl sites for hydroxylation is 1. The van der Waals surface area contributed by atoms with Crippen molar-refractivity contribution in [1.29, 1.82) is 0 Å². The number of carbonyl (C=O) groups excluding carboxylic acids is 1. The number of rotatable bonds is 4. The van der Waals surface area contributed by atoms with E-state index in [4.69, 9.17) is 5.11 Å². The van der Waals surface area contributed by atoms with Gasteiger partial charge in [0.05, 0.1) is 5.56 Å². The summed E-state index contributed by atoms with van der Waals surface area (Å²) in [5.41, 5.74) is 1.97. The van der Waals surface area contributed by atoms with Crippen LogP contribution < -0.4 is 0 Å². The molecule has 0 bridgehead atoms. The average molecular weight is 284 g/mol. The third-order valence-electron chi connectivity index (χ3n) is 3.09. The van der Waals surface area contributed by atoms with Gasteiger partial charge in [0.15, 0.2) is 0 Å². The zero-order valence-corrected chi connectivity index (χ0v) is 11.9. The van der Waals surface area contributed by atoms with Crippen molar-refractivity contribution in [1.82, 2.24) is 9.88 Å². The van der Waals surface area contributed by atoms with Gasteiger partial charge < -0.3 is 10.0 Å². The largest absolute Gasteiger partial charge is 0.478 e. The van der Waals surface area contributed by atoms with Gasteiger partial charge in [-0.25, -0.2) is 4.79 Å². The number of benzene rings is 1. The molecular formula is C16H16N2O3. The van der Waals surface area contributed by atoms with Crippen LogP contribution in [0.3, 0.4) is 0 Å². The summed E-state index contributed by atoms with van der Waals surface area (Å²) in [7, 11) is 1.63. The minimum Gasteiger partial charge on any atom is -0.478 e. The smallest absolute Gasteiger partial charge is 0.338 e. The van der Waals surface area contributed by atoms with Crippen LogP contribution >= 0.6 is 0 Å². The van der Waals surface area contributed by atoms with Gasteiger partial charge in [0.2, 0.25) is 0 Å². The highest BCUT2D eigenvalue weighted by Crippen LogP contribution is 2.12. The molecule has 2 rings (SSSR count). The Morgan fingerprint density at radius 1 is 1.24 bits per heavy atom. The quantitative estimate of drug-likeness (QED) is 0.935. The van der Waals surface area contributed by atoms with Gasteiger partial charge in [0.25, 0.3) is 5.91 Å². The lowest BCUT2D eigenvalue weighted by Crippen LogP contribution is -2.28. The summed E-state index contributed by atoms with van der Waals surface area (Å²) in [4.78, 5) is 28.9. The van der Waals surface area contributed by atoms with Crippen molar-refractivity contribution in [3.05, 3.63) is 65.0 Å². The average Bonchev–Trinajstić information content (AvgIpc) is 2.46. The molecule has 0 saturated heterocycles. The summed E-state index contributed by atoms with van der Waals surface area (Å²) >= 11 is 0. The number of nitrogens with zero attached hydrogens (tertiary/aromatic N) is 2. The summed E-state index contributed by atoms with van der Waals surface area (Å²) in [6, 6.07) is 10.7. The second kappa shape index (κ2) is 6.17. The maximum Gasteiger partial charge on any atom is 0.338 e. The number of aromatic carboxylic acids is 1. The Labute approximate surface area is 122 Å². The summed E-state index contributed by atoms with van der Waals surface area (Å²) in [6.45, 7) is 2.38. The Balaban J connectivity index is 2.22. The highest BCUT2D eigenvalue weighted by molar-refractivity contribution is 6.03. The number of amides is 1. The Morgan fingerprint density at radius 3 is 2.67 bits per heavy atom. The third kappa shape index (κ3) is 3.45. The van der Waals surface area contributed by atoms with Gasteiger partial charge in [0, 0.05) is 19.8 Å². The van der Waals surface area contributed by atoms with Crippen LogP contribution in [-0.4, -0.2) is 33.9 Å². The van der Waals surface area contributed by atoms with Crippen LogP contribution in [0.4, 0.5) is 0 Å². The van der Waals surface area contributed by atoms with Crippen molar-refractivity contribution < 1.29 is 14.7 Å². The van der Waals surface area contributed by atoms with Gasteiger partial charge in [-0.1, -0.05) is 29.8 Å². The van der Waals surface area contributed by atoms with E-state index in [1.165, 1.54) is 23.2 Å². The van der Waals surface area contributed by atoms with Gasteiger partial charge in [-0.05, 0) is 24.6 Å². The number of hydrogen-bond donors (Lipinski definition) is 1. The number of carboxylic acids is 1. The second-order valence-corrected chi connectivity index (χ2v) is 4.85. The molecule has 108 valence electrons. The van der Waals surface area contributed by atoms with Crippen molar-refractivity contribution in [2.24, 2.45) is 0 Å². The van der Waals surface area contributed by atoms with E-state index in [1.807, 2.05) is 31.2 Å². The van der Waals surface area contributed by atoms with E-state index in [9.17, 15) is 9.59 Å². The molecule has 0 aliphatic rings. The molecule has 2 aromatic rings. The number of carbonyl (C=O) groups is 2. The zero-order valence-electron chi connectivity index (χ0n) is 11.9. The summed E-state index contributed by atoms with van der Waals surface area (Å²) in [5, 5.41) is 9.11. The van der Waals surface area contributed by atoms with Crippen LogP contribution in [0, 0.1) is 6.92 Å². The molecule has 0 aliphatic carbocycles. The molecule has 0 saturated carbocycles. The molecule has 1 N–H and O–H groups in total. The maximum absolute atomic E-state index is 12.4. The first-order valence-corrected chi connectivity index (χ1v) is 6.48. The van der Waals surface area contributed by atoms with Crippen LogP contribution in [-0.2, 0) is 6.54 Å². The van der Waals surface area contributed by atoms with Crippen LogP contribution in [0.25, 0.3) is 0 Å². The van der Waals surface area contributed by atoms with E-state index in [-0.39, 0.29) is 11.3 Å². The molecular weight excluding hydrogens is 268 g/mol. The van der Waals surface area contributed by atoms with Gasteiger partial charge >= 0.3 is 5.97 Å². The maximum atomic E-state index is 12.4. The Kier molecular flexibility index (Phi) is 4.33. The van der Waals surface area contributed by atoms with E-state index in [1.54, 1.807) is 7.05 Å². The minimum absolute atomic E-state index is 0.0415. The molecule has 0 aliphatic heterocycles. The number of carboxylic acid groups (broad SMARTS) is 1. The second-order valence-electron chi connectivity index (χ2n) is 4.85. The van der Waals surface area contributed by atoms with E-state index in [0.29, 0.717) is 6.54 Å². The fourth-order valence-corrected chi connectivity index (χ4v) is 2.09. The third-order valence-corrected chi connectivity index (χ3v) is 3.09. The van der Waals surface area contributed by atoms with E-state index >= 15 is 0 Å². The predicted octanol–water partition coefficient (Wildman–Crippen LogP) is 2.36. The lowest BCUT2D eigenvalue weighted by molar-refractivity contribution is 0.0678. The van der Waals surface area contributed by atoms with Crippen LogP contribution in [0.2, 0.25) is 0 Å². The van der Waals surface area contributed by atoms with Crippen molar-refractivity contribution >= 4 is 11.9 Å². The Morgan fingerprint density at radius 2 is 2.00 bits per heavy atom. The number of aromatic nitrogens is 1. The lowest BCUT2D eigenvalue weighted by Gasteiger charge is -2.18. The molecule has 1 amide bonds. The lowest BCUT2D eigenvalue weighted by atomic mass is 10.1. The minimum atomic E-state index is -1.16. The van der Waals surface area contributed by atoms with E-state index in [0.717, 1.165) is 11.1 Å². The first kappa shape index (κ1) is 14.7. The van der Waals surface area contributed by atoms with Gasteiger partial charge in [-0.15, -0.1) is 0 Å². The molecule has 5 heteroatoms. The molecule has 1 aromatic heterocycles. The van der Waals surface area contributed by atoms with Crippen molar-refractivity contribution in [2.75, 3.05) is 7.05 Å². The summed E-state index contributed by atoms with van der Waals surface area (Å²) < 4.78 is 0. The Hall–Kier alpha value is -2.69. The fraction of sp³-hybridized carbons (Fsp3) is 0.188. The van der Waals surface area contributed by atoms with Crippen molar-refractivity contribution in [2.45, 2.75) is 13.5 Å². The van der Waals surface area contributed by atoms with Crippen LogP contribution in [0.1, 0.15) is 32.0 Å². The van der Waals surface area contributed by atoms with Crippen molar-refractivity contribution in [3.8, 4) is 0 Å². The molecule has 0 atom stereocenters. The zero-order chi connectivity index (χ0) is 15.4. The SMILES string of the molecule is Cc1cccc(CN(C)C(=O)c2ncccc2C(=O)O)c1. The number of hydrogen-bond acceptors (Lipinski definition) is 3. The number of pyridine rings is 1. The molecule has 21 heavy (non-hydrogen) atoms. The van der Waals surface area contributed by atoms with E-state index < -0.39 is 11.9 Å². The highest BCUT2D eigenvalue weighted by Gasteiger charge is 2.20. The Bertz CT molecular complexity index is 683. The highest BCUT2D eigenvalue weighted by atomic mass is 16.4. The molecule has 0 spiro atoms. The van der Waals surface area contributed by atoms with Crippen molar-refractivity contribution in [3.63, 3.8) is 0 Å². The van der Waals surface area contributed by atoms with Crippen LogP contribution in [0.15, 0.2) is 42.6 Å². The molecule has 1 heterocycles. The fourth-order valence-electron chi connectivity index (χ4n) is 2.09. The summed E-state index contributed by atoms with van der Waals surface area (Å²) in [6.07, 6.45) is 1.42. The monoisotopic (exact) mass is 284 g/mol. The van der Waals surface area contributed by atoms with Crippen LogP contribution in [0.5, 0.6) is 0 Å². The molecule has 0 radical (unpaired) electrons. The summed E-state index contributed by atoms with van der Waals surface area (Å²) in [5.74, 6) is -1.56. The first-order chi connectivity index (χ1) is 9.99. The van der Waals surface area contributed by atoms with Gasteiger partial charge in [-0.2, -0.15) is 0 Å². The molecule has 0 unspecified atom stereocenters. The molecule has 1 aromatic carbocycles. The van der Waals surface area contributed by atoms with Gasteiger partial charge in [-0.3, -0.25) is 9.78 Å². The predicted molar refractivity (Wildman–Crippen MR) is 78.2 cm³/mol. The molecule has 5 nitrogen and oxygen atoms in total. The molecule has 0 fully saturated rings. The van der Waals surface area contributed by atoms with E-state index in [2.05, 4.69) is 4.98 Å². The first-order valence-electron chi connectivity index (χ1n) is 6.48. The topological polar surface area (TPSA) is 70.5 Å². The van der Waals surface area contributed by atoms with Gasteiger partial charge in [0.1, 0.15) is 5.69 Å². The normalized spacial score (nSPS) is 10.2. The standard InChI is InChI=1S/C16H16N2O3/c1-11-5-3-6-12(9-11)10-18(2)15(19)14-13(16(20)21)7-4-8-17-14/h3-9H,10H2,1-2H3,(H,20,21).